The molecule has 0 saturated carbocycles. The Morgan fingerprint density at radius 3 is 2.62 bits per heavy atom. The number of carbonyl (C=O) groups is 1. The molecule has 0 saturated heterocycles. The highest BCUT2D eigenvalue weighted by Gasteiger charge is 2.21. The summed E-state index contributed by atoms with van der Waals surface area (Å²) in [4.78, 5) is 19.9. The van der Waals surface area contributed by atoms with Gasteiger partial charge in [0, 0.05) is 29.7 Å². The molecule has 0 fully saturated rings. The second kappa shape index (κ2) is 7.64. The van der Waals surface area contributed by atoms with Gasteiger partial charge < -0.3 is 4.90 Å². The SMILES string of the molecule is O=C(c1ccc2c(Cl)c3c(nc2c1)CCCC3)N1CC=C(c2ccccc2)CC1. The molecule has 0 spiro atoms. The topological polar surface area (TPSA) is 33.2 Å². The summed E-state index contributed by atoms with van der Waals surface area (Å²) in [5.74, 6) is 0.0610. The zero-order valence-electron chi connectivity index (χ0n) is 16.3. The number of hydrogen-bond donors (Lipinski definition) is 0. The van der Waals surface area contributed by atoms with Crippen molar-refractivity contribution < 1.29 is 4.79 Å². The van der Waals surface area contributed by atoms with Crippen molar-refractivity contribution in [1.29, 1.82) is 0 Å². The van der Waals surface area contributed by atoms with Crippen LogP contribution in [0.25, 0.3) is 16.5 Å². The monoisotopic (exact) mass is 402 g/mol. The van der Waals surface area contributed by atoms with Gasteiger partial charge in [0.15, 0.2) is 0 Å². The first-order chi connectivity index (χ1) is 14.2. The molecule has 4 heteroatoms. The van der Waals surface area contributed by atoms with E-state index in [4.69, 9.17) is 16.6 Å². The maximum absolute atomic E-state index is 13.1. The van der Waals surface area contributed by atoms with Crippen molar-refractivity contribution in [1.82, 2.24) is 9.88 Å². The Kier molecular flexibility index (Phi) is 4.84. The van der Waals surface area contributed by atoms with Gasteiger partial charge in [-0.25, -0.2) is 0 Å². The number of aromatic nitrogens is 1. The molecule has 5 rings (SSSR count). The van der Waals surface area contributed by atoms with Gasteiger partial charge in [-0.1, -0.05) is 54.1 Å². The fourth-order valence-electron chi connectivity index (χ4n) is 4.45. The summed E-state index contributed by atoms with van der Waals surface area (Å²) in [7, 11) is 0. The van der Waals surface area contributed by atoms with Crippen molar-refractivity contribution in [2.45, 2.75) is 32.1 Å². The first-order valence-electron chi connectivity index (χ1n) is 10.4. The van der Waals surface area contributed by atoms with E-state index < -0.39 is 0 Å². The smallest absolute Gasteiger partial charge is 0.254 e. The fourth-order valence-corrected chi connectivity index (χ4v) is 4.81. The molecular weight excluding hydrogens is 380 g/mol. The number of rotatable bonds is 2. The molecule has 2 heterocycles. The molecule has 146 valence electrons. The Bertz CT molecular complexity index is 1120. The second-order valence-electron chi connectivity index (χ2n) is 7.89. The van der Waals surface area contributed by atoms with Gasteiger partial charge in [-0.05, 0) is 60.9 Å². The summed E-state index contributed by atoms with van der Waals surface area (Å²) in [6, 6.07) is 16.2. The molecule has 0 atom stereocenters. The zero-order chi connectivity index (χ0) is 19.8. The molecule has 1 aliphatic carbocycles. The minimum Gasteiger partial charge on any atom is -0.335 e. The van der Waals surface area contributed by atoms with Crippen LogP contribution in [0, 0.1) is 0 Å². The van der Waals surface area contributed by atoms with Crippen molar-refractivity contribution in [3.8, 4) is 0 Å². The van der Waals surface area contributed by atoms with Crippen molar-refractivity contribution >= 4 is 34.0 Å². The van der Waals surface area contributed by atoms with E-state index in [-0.39, 0.29) is 5.91 Å². The van der Waals surface area contributed by atoms with Gasteiger partial charge in [-0.15, -0.1) is 0 Å². The molecule has 0 bridgehead atoms. The molecule has 2 aromatic carbocycles. The Labute approximate surface area is 176 Å². The molecule has 1 amide bonds. The van der Waals surface area contributed by atoms with Crippen LogP contribution in [0.4, 0.5) is 0 Å². The number of fused-ring (bicyclic) bond motifs is 2. The van der Waals surface area contributed by atoms with E-state index in [0.717, 1.165) is 53.8 Å². The Hall–Kier alpha value is -2.65. The predicted molar refractivity (Wildman–Crippen MR) is 118 cm³/mol. The molecule has 0 N–H and O–H groups in total. The number of carbonyl (C=O) groups excluding carboxylic acids is 1. The standard InChI is InChI=1S/C25H23ClN2O/c26-24-20-8-4-5-9-22(20)27-23-16-19(10-11-21(23)24)25(29)28-14-12-18(13-15-28)17-6-2-1-3-7-17/h1-3,6-7,10-12,16H,4-5,8-9,13-15H2. The lowest BCUT2D eigenvalue weighted by Crippen LogP contribution is -2.34. The van der Waals surface area contributed by atoms with E-state index >= 15 is 0 Å². The first kappa shape index (κ1) is 18.4. The maximum Gasteiger partial charge on any atom is 0.254 e. The van der Waals surface area contributed by atoms with Gasteiger partial charge in [0.05, 0.1) is 10.5 Å². The average molecular weight is 403 g/mol. The number of hydrogen-bond acceptors (Lipinski definition) is 2. The minimum atomic E-state index is 0.0610. The first-order valence-corrected chi connectivity index (χ1v) is 10.7. The highest BCUT2D eigenvalue weighted by atomic mass is 35.5. The normalized spacial score (nSPS) is 16.4. The third kappa shape index (κ3) is 3.44. The van der Waals surface area contributed by atoms with Crippen molar-refractivity contribution in [2.24, 2.45) is 0 Å². The van der Waals surface area contributed by atoms with Crippen molar-refractivity contribution in [2.75, 3.05) is 13.1 Å². The highest BCUT2D eigenvalue weighted by molar-refractivity contribution is 6.36. The van der Waals surface area contributed by atoms with Crippen LogP contribution in [-0.2, 0) is 12.8 Å². The number of aryl methyl sites for hydroxylation is 1. The molecular formula is C25H23ClN2O. The van der Waals surface area contributed by atoms with Gasteiger partial charge >= 0.3 is 0 Å². The maximum atomic E-state index is 13.1. The average Bonchev–Trinajstić information content (AvgIpc) is 2.79. The molecule has 0 radical (unpaired) electrons. The molecule has 29 heavy (non-hydrogen) atoms. The molecule has 1 aliphatic heterocycles. The van der Waals surface area contributed by atoms with Crippen LogP contribution in [0.1, 0.15) is 46.4 Å². The summed E-state index contributed by atoms with van der Waals surface area (Å²) in [5, 5.41) is 1.77. The summed E-state index contributed by atoms with van der Waals surface area (Å²) < 4.78 is 0. The molecule has 0 unspecified atom stereocenters. The van der Waals surface area contributed by atoms with E-state index in [1.165, 1.54) is 23.1 Å². The van der Waals surface area contributed by atoms with Gasteiger partial charge in [-0.3, -0.25) is 9.78 Å². The van der Waals surface area contributed by atoms with Crippen molar-refractivity contribution in [3.05, 3.63) is 82.0 Å². The Morgan fingerprint density at radius 2 is 1.83 bits per heavy atom. The van der Waals surface area contributed by atoms with Crippen molar-refractivity contribution in [3.63, 3.8) is 0 Å². The van der Waals surface area contributed by atoms with E-state index in [2.05, 4.69) is 30.3 Å². The van der Waals surface area contributed by atoms with Crippen LogP contribution in [0.2, 0.25) is 5.02 Å². The van der Waals surface area contributed by atoms with Gasteiger partial charge in [-0.2, -0.15) is 0 Å². The van der Waals surface area contributed by atoms with Crippen LogP contribution in [-0.4, -0.2) is 28.9 Å². The van der Waals surface area contributed by atoms with Crippen LogP contribution in [0.3, 0.4) is 0 Å². The largest absolute Gasteiger partial charge is 0.335 e. The van der Waals surface area contributed by atoms with Crippen LogP contribution in [0.15, 0.2) is 54.6 Å². The number of amides is 1. The quantitative estimate of drug-likeness (QED) is 0.551. The summed E-state index contributed by atoms with van der Waals surface area (Å²) >= 11 is 6.67. The fraction of sp³-hybridized carbons (Fsp3) is 0.280. The second-order valence-corrected chi connectivity index (χ2v) is 8.26. The molecule has 3 aromatic rings. The minimum absolute atomic E-state index is 0.0610. The van der Waals surface area contributed by atoms with E-state index in [1.54, 1.807) is 0 Å². The summed E-state index contributed by atoms with van der Waals surface area (Å²) in [6.07, 6.45) is 7.35. The molecule has 2 aliphatic rings. The van der Waals surface area contributed by atoms with Crippen LogP contribution in [0.5, 0.6) is 0 Å². The lowest BCUT2D eigenvalue weighted by molar-refractivity contribution is 0.0773. The van der Waals surface area contributed by atoms with E-state index in [0.29, 0.717) is 12.1 Å². The number of pyridine rings is 1. The Balaban J connectivity index is 1.41. The lowest BCUT2D eigenvalue weighted by Gasteiger charge is -2.27. The van der Waals surface area contributed by atoms with E-state index in [9.17, 15) is 4.79 Å². The third-order valence-electron chi connectivity index (χ3n) is 6.08. The predicted octanol–water partition coefficient (Wildman–Crippen LogP) is 5.70. The molecule has 3 nitrogen and oxygen atoms in total. The van der Waals surface area contributed by atoms with Gasteiger partial charge in [0.1, 0.15) is 0 Å². The zero-order valence-corrected chi connectivity index (χ0v) is 17.1. The van der Waals surface area contributed by atoms with Gasteiger partial charge in [0.2, 0.25) is 0 Å². The summed E-state index contributed by atoms with van der Waals surface area (Å²) in [6.45, 7) is 1.37. The number of halogens is 1. The van der Waals surface area contributed by atoms with E-state index in [1.807, 2.05) is 29.2 Å². The highest BCUT2D eigenvalue weighted by Crippen LogP contribution is 2.33. The number of nitrogens with zero attached hydrogens (tertiary/aromatic N) is 2. The van der Waals surface area contributed by atoms with Crippen LogP contribution >= 0.6 is 11.6 Å². The third-order valence-corrected chi connectivity index (χ3v) is 6.51. The van der Waals surface area contributed by atoms with Crippen LogP contribution < -0.4 is 0 Å². The summed E-state index contributed by atoms with van der Waals surface area (Å²) in [5.41, 5.74) is 6.38. The Morgan fingerprint density at radius 1 is 1.00 bits per heavy atom. The number of benzene rings is 2. The lowest BCUT2D eigenvalue weighted by atomic mass is 9.94. The molecule has 1 aromatic heterocycles. The van der Waals surface area contributed by atoms with Gasteiger partial charge in [0.25, 0.3) is 5.91 Å².